The van der Waals surface area contributed by atoms with E-state index < -0.39 is 0 Å². The van der Waals surface area contributed by atoms with Crippen molar-refractivity contribution in [2.45, 2.75) is 19.3 Å². The highest BCUT2D eigenvalue weighted by Crippen LogP contribution is 2.37. The molecule has 2 aromatic carbocycles. The SMILES string of the molecule is COC(=O)/C=C/c1ccc(C2=C(Br)CCCc3ccccc32)cc1. The number of hydrogen-bond donors (Lipinski definition) is 0. The molecule has 0 amide bonds. The van der Waals surface area contributed by atoms with Gasteiger partial charge in [0.05, 0.1) is 7.11 Å². The largest absolute Gasteiger partial charge is 0.466 e. The fourth-order valence-electron chi connectivity index (χ4n) is 2.99. The van der Waals surface area contributed by atoms with Crippen molar-refractivity contribution in [3.63, 3.8) is 0 Å². The molecule has 0 aliphatic heterocycles. The van der Waals surface area contributed by atoms with E-state index in [1.807, 2.05) is 12.1 Å². The van der Waals surface area contributed by atoms with Crippen LogP contribution < -0.4 is 0 Å². The first-order chi connectivity index (χ1) is 11.7. The summed E-state index contributed by atoms with van der Waals surface area (Å²) < 4.78 is 5.87. The van der Waals surface area contributed by atoms with Crippen LogP contribution in [-0.4, -0.2) is 13.1 Å². The normalized spacial score (nSPS) is 14.4. The predicted molar refractivity (Wildman–Crippen MR) is 102 cm³/mol. The van der Waals surface area contributed by atoms with Crippen molar-refractivity contribution in [2.24, 2.45) is 0 Å². The Morgan fingerprint density at radius 2 is 1.83 bits per heavy atom. The second-order valence-corrected chi connectivity index (χ2v) is 6.73. The van der Waals surface area contributed by atoms with Gasteiger partial charge in [0.25, 0.3) is 0 Å². The van der Waals surface area contributed by atoms with Crippen molar-refractivity contribution < 1.29 is 9.53 Å². The van der Waals surface area contributed by atoms with Crippen LogP contribution in [0.2, 0.25) is 0 Å². The van der Waals surface area contributed by atoms with Crippen molar-refractivity contribution >= 4 is 33.5 Å². The number of esters is 1. The Bertz CT molecular complexity index is 801. The maximum atomic E-state index is 11.2. The first kappa shape index (κ1) is 16.7. The molecule has 3 heteroatoms. The lowest BCUT2D eigenvalue weighted by molar-refractivity contribution is -0.134. The van der Waals surface area contributed by atoms with Crippen LogP contribution in [0.4, 0.5) is 0 Å². The highest BCUT2D eigenvalue weighted by Gasteiger charge is 2.16. The summed E-state index contributed by atoms with van der Waals surface area (Å²) in [6.07, 6.45) is 6.51. The van der Waals surface area contributed by atoms with Gasteiger partial charge in [-0.05, 0) is 53.2 Å². The summed E-state index contributed by atoms with van der Waals surface area (Å²) in [5.41, 5.74) is 6.14. The van der Waals surface area contributed by atoms with Crippen molar-refractivity contribution in [3.8, 4) is 0 Å². The number of ether oxygens (including phenoxy) is 1. The molecule has 122 valence electrons. The Morgan fingerprint density at radius 1 is 1.08 bits per heavy atom. The zero-order valence-corrected chi connectivity index (χ0v) is 15.2. The van der Waals surface area contributed by atoms with Crippen LogP contribution in [0.5, 0.6) is 0 Å². The van der Waals surface area contributed by atoms with Gasteiger partial charge < -0.3 is 4.74 Å². The topological polar surface area (TPSA) is 26.3 Å². The molecule has 0 heterocycles. The van der Waals surface area contributed by atoms with E-state index in [2.05, 4.69) is 57.1 Å². The van der Waals surface area contributed by atoms with Crippen molar-refractivity contribution in [3.05, 3.63) is 81.3 Å². The molecule has 0 saturated heterocycles. The summed E-state index contributed by atoms with van der Waals surface area (Å²) in [7, 11) is 1.38. The fourth-order valence-corrected chi connectivity index (χ4v) is 3.72. The molecular weight excluding hydrogens is 364 g/mol. The molecule has 2 aromatic rings. The highest BCUT2D eigenvalue weighted by atomic mass is 79.9. The Morgan fingerprint density at radius 3 is 2.58 bits per heavy atom. The molecule has 0 fully saturated rings. The number of aryl methyl sites for hydroxylation is 1. The average Bonchev–Trinajstić information content (AvgIpc) is 2.78. The van der Waals surface area contributed by atoms with E-state index in [1.54, 1.807) is 6.08 Å². The molecule has 0 N–H and O–H groups in total. The van der Waals surface area contributed by atoms with Gasteiger partial charge in [0, 0.05) is 10.6 Å². The van der Waals surface area contributed by atoms with E-state index in [0.29, 0.717) is 0 Å². The molecule has 24 heavy (non-hydrogen) atoms. The number of fused-ring (bicyclic) bond motifs is 1. The van der Waals surface area contributed by atoms with Crippen LogP contribution >= 0.6 is 15.9 Å². The molecule has 0 aromatic heterocycles. The van der Waals surface area contributed by atoms with Gasteiger partial charge in [-0.1, -0.05) is 64.5 Å². The van der Waals surface area contributed by atoms with Gasteiger partial charge in [0.1, 0.15) is 0 Å². The molecule has 2 nitrogen and oxygen atoms in total. The van der Waals surface area contributed by atoms with Crippen molar-refractivity contribution in [2.75, 3.05) is 7.11 Å². The summed E-state index contributed by atoms with van der Waals surface area (Å²) in [6.45, 7) is 0. The smallest absolute Gasteiger partial charge is 0.330 e. The van der Waals surface area contributed by atoms with E-state index in [-0.39, 0.29) is 5.97 Å². The number of rotatable bonds is 3. The van der Waals surface area contributed by atoms with E-state index in [9.17, 15) is 4.79 Å². The van der Waals surface area contributed by atoms with Crippen molar-refractivity contribution in [1.29, 1.82) is 0 Å². The van der Waals surface area contributed by atoms with E-state index in [0.717, 1.165) is 24.8 Å². The first-order valence-corrected chi connectivity index (χ1v) is 8.81. The fraction of sp³-hybridized carbons (Fsp3) is 0.190. The average molecular weight is 383 g/mol. The van der Waals surface area contributed by atoms with Gasteiger partial charge >= 0.3 is 5.97 Å². The first-order valence-electron chi connectivity index (χ1n) is 8.02. The Balaban J connectivity index is 1.96. The van der Waals surface area contributed by atoms with Crippen LogP contribution in [-0.2, 0) is 16.0 Å². The Kier molecular flexibility index (Phi) is 5.31. The minimum Gasteiger partial charge on any atom is -0.466 e. The summed E-state index contributed by atoms with van der Waals surface area (Å²) in [4.78, 5) is 11.2. The molecular formula is C21H19BrO2. The van der Waals surface area contributed by atoms with Gasteiger partial charge in [-0.2, -0.15) is 0 Å². The predicted octanol–water partition coefficient (Wildman–Crippen LogP) is 5.36. The number of halogens is 1. The lowest BCUT2D eigenvalue weighted by atomic mass is 9.93. The zero-order chi connectivity index (χ0) is 16.9. The number of hydrogen-bond acceptors (Lipinski definition) is 2. The summed E-state index contributed by atoms with van der Waals surface area (Å²) >= 11 is 3.79. The van der Waals surface area contributed by atoms with Gasteiger partial charge in [-0.3, -0.25) is 0 Å². The van der Waals surface area contributed by atoms with Crippen LogP contribution in [0.1, 0.15) is 35.1 Å². The van der Waals surface area contributed by atoms with E-state index in [1.165, 1.54) is 39.9 Å². The van der Waals surface area contributed by atoms with Crippen LogP contribution in [0.15, 0.2) is 59.1 Å². The maximum Gasteiger partial charge on any atom is 0.330 e. The summed E-state index contributed by atoms with van der Waals surface area (Å²) in [5.74, 6) is -0.345. The molecule has 0 unspecified atom stereocenters. The molecule has 0 radical (unpaired) electrons. The molecule has 3 rings (SSSR count). The second kappa shape index (κ2) is 7.63. The standard InChI is InChI=1S/C21H19BrO2/c1-24-20(23)14-11-15-9-12-17(13-10-15)21-18-7-3-2-5-16(18)6-4-8-19(21)22/h2-3,5,7,9-14H,4,6,8H2,1H3/b14-11+. The zero-order valence-electron chi connectivity index (χ0n) is 13.6. The molecule has 1 aliphatic carbocycles. The van der Waals surface area contributed by atoms with Crippen molar-refractivity contribution in [1.82, 2.24) is 0 Å². The number of carbonyl (C=O) groups is 1. The van der Waals surface area contributed by atoms with Gasteiger partial charge in [-0.25, -0.2) is 4.79 Å². The number of benzene rings is 2. The lowest BCUT2D eigenvalue weighted by Crippen LogP contribution is -1.94. The second-order valence-electron chi connectivity index (χ2n) is 5.77. The Labute approximate surface area is 151 Å². The van der Waals surface area contributed by atoms with Gasteiger partial charge in [0.2, 0.25) is 0 Å². The molecule has 0 spiro atoms. The van der Waals surface area contributed by atoms with Gasteiger partial charge in [-0.15, -0.1) is 0 Å². The number of allylic oxidation sites excluding steroid dienone is 1. The van der Waals surface area contributed by atoms with Crippen LogP contribution in [0.3, 0.4) is 0 Å². The summed E-state index contributed by atoms with van der Waals surface area (Å²) in [6, 6.07) is 16.9. The molecule has 0 bridgehead atoms. The third kappa shape index (κ3) is 3.68. The highest BCUT2D eigenvalue weighted by molar-refractivity contribution is 9.11. The minimum absolute atomic E-state index is 0.345. The number of carbonyl (C=O) groups excluding carboxylic acids is 1. The summed E-state index contributed by atoms with van der Waals surface area (Å²) in [5, 5.41) is 0. The third-order valence-corrected chi connectivity index (χ3v) is 5.01. The van der Waals surface area contributed by atoms with Crippen LogP contribution in [0.25, 0.3) is 11.6 Å². The number of methoxy groups -OCH3 is 1. The van der Waals surface area contributed by atoms with Gasteiger partial charge in [0.15, 0.2) is 0 Å². The minimum atomic E-state index is -0.345. The maximum absolute atomic E-state index is 11.2. The van der Waals surface area contributed by atoms with E-state index in [4.69, 9.17) is 0 Å². The lowest BCUT2D eigenvalue weighted by Gasteiger charge is -2.13. The third-order valence-electron chi connectivity index (χ3n) is 4.21. The molecule has 1 aliphatic rings. The monoisotopic (exact) mass is 382 g/mol. The molecule has 0 saturated carbocycles. The Hall–Kier alpha value is -2.13. The van der Waals surface area contributed by atoms with Crippen LogP contribution in [0, 0.1) is 0 Å². The quantitative estimate of drug-likeness (QED) is 0.527. The molecule has 0 atom stereocenters. The van der Waals surface area contributed by atoms with E-state index >= 15 is 0 Å².